The van der Waals surface area contributed by atoms with Gasteiger partial charge in [0.1, 0.15) is 0 Å². The van der Waals surface area contributed by atoms with Crippen molar-refractivity contribution in [2.75, 3.05) is 18.0 Å². The highest BCUT2D eigenvalue weighted by Gasteiger charge is 2.20. The van der Waals surface area contributed by atoms with Crippen LogP contribution in [-0.4, -0.2) is 27.4 Å². The number of hydrogen-bond acceptors (Lipinski definition) is 3. The molecule has 2 aromatic carbocycles. The lowest BCUT2D eigenvalue weighted by molar-refractivity contribution is 0.0986. The van der Waals surface area contributed by atoms with Gasteiger partial charge in [0.25, 0.3) is 5.91 Å². The Kier molecular flexibility index (Phi) is 8.00. The van der Waals surface area contributed by atoms with Gasteiger partial charge in [0.15, 0.2) is 0 Å². The van der Waals surface area contributed by atoms with Gasteiger partial charge in [-0.1, -0.05) is 51.0 Å². The van der Waals surface area contributed by atoms with Crippen LogP contribution in [0.2, 0.25) is 0 Å². The van der Waals surface area contributed by atoms with Crippen molar-refractivity contribution in [2.24, 2.45) is 0 Å². The summed E-state index contributed by atoms with van der Waals surface area (Å²) >= 11 is 0. The summed E-state index contributed by atoms with van der Waals surface area (Å²) in [7, 11) is -3.62. The van der Waals surface area contributed by atoms with E-state index in [9.17, 15) is 13.2 Å². The van der Waals surface area contributed by atoms with E-state index in [-0.39, 0.29) is 10.8 Å². The van der Waals surface area contributed by atoms with Gasteiger partial charge in [-0.05, 0) is 43.2 Å². The molecule has 0 heterocycles. The Bertz CT molecular complexity index is 836. The first kappa shape index (κ1) is 21.1. The SMILES string of the molecule is CCCCNS(=O)(=O)c1cccc(C(=O)N(CCCC)c2ccccc2)c1. The van der Waals surface area contributed by atoms with E-state index < -0.39 is 10.0 Å². The van der Waals surface area contributed by atoms with E-state index >= 15 is 0 Å². The lowest BCUT2D eigenvalue weighted by Gasteiger charge is -2.23. The second kappa shape index (κ2) is 10.2. The van der Waals surface area contributed by atoms with Crippen LogP contribution in [0.4, 0.5) is 5.69 Å². The van der Waals surface area contributed by atoms with E-state index in [4.69, 9.17) is 0 Å². The molecule has 5 nitrogen and oxygen atoms in total. The van der Waals surface area contributed by atoms with Crippen molar-refractivity contribution in [2.45, 2.75) is 44.4 Å². The maximum atomic E-state index is 13.1. The van der Waals surface area contributed by atoms with E-state index in [0.717, 1.165) is 31.4 Å². The van der Waals surface area contributed by atoms with Crippen molar-refractivity contribution < 1.29 is 13.2 Å². The van der Waals surface area contributed by atoms with Crippen LogP contribution in [0, 0.1) is 0 Å². The van der Waals surface area contributed by atoms with Gasteiger partial charge in [-0.25, -0.2) is 13.1 Å². The molecule has 0 radical (unpaired) electrons. The standard InChI is InChI=1S/C21H28N2O3S/c1-3-5-15-22-27(25,26)20-14-10-11-18(17-20)21(24)23(16-6-4-2)19-12-8-7-9-13-19/h7-14,17,22H,3-6,15-16H2,1-2H3. The number of sulfonamides is 1. The molecule has 1 N–H and O–H groups in total. The van der Waals surface area contributed by atoms with Crippen LogP contribution < -0.4 is 9.62 Å². The number of hydrogen-bond donors (Lipinski definition) is 1. The molecule has 0 bridgehead atoms. The van der Waals surface area contributed by atoms with E-state index in [0.29, 0.717) is 18.7 Å². The van der Waals surface area contributed by atoms with Crippen molar-refractivity contribution in [1.29, 1.82) is 0 Å². The average molecular weight is 389 g/mol. The van der Waals surface area contributed by atoms with Crippen LogP contribution in [0.15, 0.2) is 59.5 Å². The van der Waals surface area contributed by atoms with E-state index in [1.807, 2.05) is 37.3 Å². The second-order valence-electron chi connectivity index (χ2n) is 6.43. The number of anilines is 1. The van der Waals surface area contributed by atoms with Gasteiger partial charge in [0.05, 0.1) is 4.90 Å². The lowest BCUT2D eigenvalue weighted by Crippen LogP contribution is -2.32. The molecule has 0 unspecified atom stereocenters. The summed E-state index contributed by atoms with van der Waals surface area (Å²) in [6.45, 7) is 5.06. The molecule has 0 aliphatic carbocycles. The van der Waals surface area contributed by atoms with E-state index in [2.05, 4.69) is 11.6 Å². The van der Waals surface area contributed by atoms with Crippen LogP contribution in [0.3, 0.4) is 0 Å². The zero-order valence-electron chi connectivity index (χ0n) is 16.0. The van der Waals surface area contributed by atoms with Crippen molar-refractivity contribution in [3.63, 3.8) is 0 Å². The highest BCUT2D eigenvalue weighted by atomic mass is 32.2. The third-order valence-electron chi connectivity index (χ3n) is 4.26. The molecule has 0 saturated carbocycles. The Morgan fingerprint density at radius 1 is 0.963 bits per heavy atom. The summed E-state index contributed by atoms with van der Waals surface area (Å²) in [6.07, 6.45) is 3.52. The zero-order chi connectivity index (χ0) is 19.7. The fraction of sp³-hybridized carbons (Fsp3) is 0.381. The van der Waals surface area contributed by atoms with Gasteiger partial charge in [-0.3, -0.25) is 4.79 Å². The van der Waals surface area contributed by atoms with Crippen LogP contribution in [0.5, 0.6) is 0 Å². The van der Waals surface area contributed by atoms with Crippen LogP contribution in [0.25, 0.3) is 0 Å². The summed E-state index contributed by atoms with van der Waals surface area (Å²) in [5.74, 6) is -0.194. The quantitative estimate of drug-likeness (QED) is 0.620. The number of carbonyl (C=O) groups excluding carboxylic acids is 1. The first-order chi connectivity index (χ1) is 13.0. The minimum atomic E-state index is -3.62. The number of rotatable bonds is 10. The molecule has 6 heteroatoms. The molecule has 0 aliphatic rings. The smallest absolute Gasteiger partial charge is 0.258 e. The number of unbranched alkanes of at least 4 members (excludes halogenated alkanes) is 2. The van der Waals surface area contributed by atoms with Gasteiger partial charge in [0.2, 0.25) is 10.0 Å². The Morgan fingerprint density at radius 2 is 1.67 bits per heavy atom. The molecule has 0 aromatic heterocycles. The number of benzene rings is 2. The Morgan fingerprint density at radius 3 is 2.33 bits per heavy atom. The highest BCUT2D eigenvalue weighted by Crippen LogP contribution is 2.19. The number of carbonyl (C=O) groups is 1. The van der Waals surface area contributed by atoms with Crippen molar-refractivity contribution in [3.8, 4) is 0 Å². The predicted molar refractivity (Wildman–Crippen MR) is 110 cm³/mol. The molecule has 146 valence electrons. The van der Waals surface area contributed by atoms with E-state index in [1.54, 1.807) is 17.0 Å². The van der Waals surface area contributed by atoms with Gasteiger partial charge >= 0.3 is 0 Å². The van der Waals surface area contributed by atoms with Gasteiger partial charge in [-0.15, -0.1) is 0 Å². The molecule has 1 amide bonds. The molecule has 2 rings (SSSR count). The van der Waals surface area contributed by atoms with Gasteiger partial charge < -0.3 is 4.90 Å². The molecule has 2 aromatic rings. The normalized spacial score (nSPS) is 11.3. The number of amides is 1. The first-order valence-electron chi connectivity index (χ1n) is 9.46. The van der Waals surface area contributed by atoms with E-state index in [1.165, 1.54) is 12.1 Å². The van der Waals surface area contributed by atoms with Gasteiger partial charge in [0, 0.05) is 24.3 Å². The first-order valence-corrected chi connectivity index (χ1v) is 10.9. The maximum absolute atomic E-state index is 13.1. The largest absolute Gasteiger partial charge is 0.308 e. The number of para-hydroxylation sites is 1. The van der Waals surface area contributed by atoms with Crippen molar-refractivity contribution in [1.82, 2.24) is 4.72 Å². The van der Waals surface area contributed by atoms with Crippen molar-refractivity contribution >= 4 is 21.6 Å². The average Bonchev–Trinajstić information content (AvgIpc) is 2.69. The van der Waals surface area contributed by atoms with Crippen molar-refractivity contribution in [3.05, 3.63) is 60.2 Å². The monoisotopic (exact) mass is 388 g/mol. The third kappa shape index (κ3) is 5.91. The fourth-order valence-electron chi connectivity index (χ4n) is 2.69. The Balaban J connectivity index is 2.28. The minimum Gasteiger partial charge on any atom is -0.308 e. The van der Waals surface area contributed by atoms with Crippen LogP contribution >= 0.6 is 0 Å². The topological polar surface area (TPSA) is 66.5 Å². The summed E-state index contributed by atoms with van der Waals surface area (Å²) in [5, 5.41) is 0. The molecule has 0 aliphatic heterocycles. The predicted octanol–water partition coefficient (Wildman–Crippen LogP) is 4.21. The summed E-state index contributed by atoms with van der Waals surface area (Å²) in [4.78, 5) is 14.9. The molecule has 0 atom stereocenters. The maximum Gasteiger partial charge on any atom is 0.258 e. The second-order valence-corrected chi connectivity index (χ2v) is 8.19. The fourth-order valence-corrected chi connectivity index (χ4v) is 3.81. The lowest BCUT2D eigenvalue weighted by atomic mass is 10.1. The zero-order valence-corrected chi connectivity index (χ0v) is 16.8. The molecule has 0 fully saturated rings. The Labute approximate surface area is 162 Å². The summed E-state index contributed by atoms with van der Waals surface area (Å²) in [5.41, 5.74) is 1.18. The highest BCUT2D eigenvalue weighted by molar-refractivity contribution is 7.89. The number of nitrogens with one attached hydrogen (secondary N) is 1. The molecular formula is C21H28N2O3S. The molecular weight excluding hydrogens is 360 g/mol. The minimum absolute atomic E-state index is 0.118. The number of nitrogens with zero attached hydrogens (tertiary/aromatic N) is 1. The molecule has 0 saturated heterocycles. The molecule has 0 spiro atoms. The third-order valence-corrected chi connectivity index (χ3v) is 5.72. The molecule has 27 heavy (non-hydrogen) atoms. The summed E-state index contributed by atoms with van der Waals surface area (Å²) in [6, 6.07) is 15.7. The van der Waals surface area contributed by atoms with Crippen LogP contribution in [0.1, 0.15) is 49.9 Å². The van der Waals surface area contributed by atoms with Crippen LogP contribution in [-0.2, 0) is 10.0 Å². The van der Waals surface area contributed by atoms with Gasteiger partial charge in [-0.2, -0.15) is 0 Å². The Hall–Kier alpha value is -2.18. The summed E-state index contributed by atoms with van der Waals surface area (Å²) < 4.78 is 27.5.